The van der Waals surface area contributed by atoms with Crippen LogP contribution in [0, 0.1) is 0 Å². The molecule has 1 N–H and O–H groups in total. The van der Waals surface area contributed by atoms with Gasteiger partial charge in [0.05, 0.1) is 6.61 Å². The van der Waals surface area contributed by atoms with Gasteiger partial charge in [0.2, 0.25) is 5.91 Å². The fourth-order valence-corrected chi connectivity index (χ4v) is 2.26. The normalized spacial score (nSPS) is 10.6. The van der Waals surface area contributed by atoms with Crippen molar-refractivity contribution < 1.29 is 14.3 Å². The summed E-state index contributed by atoms with van der Waals surface area (Å²) in [6, 6.07) is 8.00. The molecule has 0 saturated heterocycles. The van der Waals surface area contributed by atoms with Crippen LogP contribution in [0.1, 0.15) is 18.9 Å². The number of amides is 1. The van der Waals surface area contributed by atoms with Crippen LogP contribution < -0.4 is 0 Å². The quantitative estimate of drug-likeness (QED) is 0.828. The van der Waals surface area contributed by atoms with Crippen molar-refractivity contribution in [1.29, 1.82) is 0 Å². The maximum Gasteiger partial charge on any atom is 0.325 e. The highest BCUT2D eigenvalue weighted by molar-refractivity contribution is 5.85. The van der Waals surface area contributed by atoms with Crippen molar-refractivity contribution in [2.45, 2.75) is 19.8 Å². The zero-order chi connectivity index (χ0) is 15.2. The maximum absolute atomic E-state index is 12.0. The van der Waals surface area contributed by atoms with Crippen LogP contribution in [-0.2, 0) is 20.7 Å². The van der Waals surface area contributed by atoms with Gasteiger partial charge in [-0.15, -0.1) is 0 Å². The number of para-hydroxylation sites is 1. The Morgan fingerprint density at radius 2 is 2.05 bits per heavy atom. The zero-order valence-corrected chi connectivity index (χ0v) is 12.4. The monoisotopic (exact) mass is 288 g/mol. The van der Waals surface area contributed by atoms with Crippen LogP contribution in [0.3, 0.4) is 0 Å². The molecule has 0 atom stereocenters. The molecular formula is C16H20N2O3. The molecule has 0 aliphatic heterocycles. The Balaban J connectivity index is 1.90. The number of nitrogens with one attached hydrogen (secondary N) is 1. The molecule has 112 valence electrons. The van der Waals surface area contributed by atoms with Crippen molar-refractivity contribution in [3.05, 3.63) is 36.0 Å². The predicted octanol–water partition coefficient (Wildman–Crippen LogP) is 2.12. The van der Waals surface area contributed by atoms with Gasteiger partial charge in [0, 0.05) is 30.6 Å². The van der Waals surface area contributed by atoms with E-state index in [1.807, 2.05) is 30.5 Å². The number of carbonyl (C=O) groups excluding carboxylic acids is 2. The van der Waals surface area contributed by atoms with Crippen molar-refractivity contribution in [2.75, 3.05) is 20.2 Å². The number of aryl methyl sites for hydroxylation is 1. The molecule has 0 aliphatic rings. The van der Waals surface area contributed by atoms with Gasteiger partial charge in [0.1, 0.15) is 6.54 Å². The second-order valence-electron chi connectivity index (χ2n) is 4.91. The van der Waals surface area contributed by atoms with Crippen molar-refractivity contribution >= 4 is 22.8 Å². The Labute approximate surface area is 123 Å². The van der Waals surface area contributed by atoms with E-state index in [1.54, 1.807) is 14.0 Å². The Morgan fingerprint density at radius 1 is 1.29 bits per heavy atom. The first-order chi connectivity index (χ1) is 10.1. The first-order valence-corrected chi connectivity index (χ1v) is 7.06. The minimum absolute atomic E-state index is 0.000554. The van der Waals surface area contributed by atoms with E-state index < -0.39 is 0 Å². The molecule has 0 unspecified atom stereocenters. The summed E-state index contributed by atoms with van der Waals surface area (Å²) in [5, 5.41) is 1.14. The van der Waals surface area contributed by atoms with Crippen LogP contribution in [0.4, 0.5) is 0 Å². The van der Waals surface area contributed by atoms with Crippen molar-refractivity contribution in [1.82, 2.24) is 9.88 Å². The van der Waals surface area contributed by atoms with Gasteiger partial charge in [-0.1, -0.05) is 18.2 Å². The fraction of sp³-hybridized carbons (Fsp3) is 0.375. The molecule has 1 heterocycles. The Bertz CT molecular complexity index is 633. The van der Waals surface area contributed by atoms with E-state index in [0.29, 0.717) is 19.4 Å². The second-order valence-corrected chi connectivity index (χ2v) is 4.91. The highest BCUT2D eigenvalue weighted by Crippen LogP contribution is 2.19. The number of benzene rings is 1. The number of hydrogen-bond donors (Lipinski definition) is 1. The van der Waals surface area contributed by atoms with Gasteiger partial charge in [0.25, 0.3) is 0 Å². The molecule has 0 aliphatic carbocycles. The highest BCUT2D eigenvalue weighted by Gasteiger charge is 2.14. The molecule has 1 amide bonds. The van der Waals surface area contributed by atoms with Crippen LogP contribution >= 0.6 is 0 Å². The lowest BCUT2D eigenvalue weighted by Crippen LogP contribution is -2.33. The number of rotatable bonds is 6. The third-order valence-corrected chi connectivity index (χ3v) is 3.38. The van der Waals surface area contributed by atoms with Gasteiger partial charge < -0.3 is 14.6 Å². The molecule has 2 rings (SSSR count). The standard InChI is InChI=1S/C16H20N2O3/c1-3-21-16(20)11-18(2)15(19)9-8-12-10-17-14-7-5-4-6-13(12)14/h4-7,10,17H,3,8-9,11H2,1-2H3. The smallest absolute Gasteiger partial charge is 0.325 e. The molecule has 0 bridgehead atoms. The summed E-state index contributed by atoms with van der Waals surface area (Å²) in [7, 11) is 1.62. The Kier molecular flexibility index (Phi) is 4.98. The molecule has 2 aromatic rings. The summed E-state index contributed by atoms with van der Waals surface area (Å²) >= 11 is 0. The molecule has 0 saturated carbocycles. The molecular weight excluding hydrogens is 268 g/mol. The number of hydrogen-bond acceptors (Lipinski definition) is 3. The number of H-pyrrole nitrogens is 1. The zero-order valence-electron chi connectivity index (χ0n) is 12.4. The molecule has 1 aromatic carbocycles. The van der Waals surface area contributed by atoms with Gasteiger partial charge >= 0.3 is 5.97 Å². The number of esters is 1. The minimum Gasteiger partial charge on any atom is -0.465 e. The van der Waals surface area contributed by atoms with E-state index in [1.165, 1.54) is 4.90 Å². The number of aromatic nitrogens is 1. The summed E-state index contributed by atoms with van der Waals surface area (Å²) < 4.78 is 4.83. The SMILES string of the molecule is CCOC(=O)CN(C)C(=O)CCc1c[nH]c2ccccc12. The van der Waals surface area contributed by atoms with E-state index in [0.717, 1.165) is 16.5 Å². The highest BCUT2D eigenvalue weighted by atomic mass is 16.5. The predicted molar refractivity (Wildman–Crippen MR) is 80.9 cm³/mol. The van der Waals surface area contributed by atoms with E-state index in [-0.39, 0.29) is 18.4 Å². The summed E-state index contributed by atoms with van der Waals surface area (Å²) in [6.07, 6.45) is 2.96. The average Bonchev–Trinajstić information content (AvgIpc) is 2.88. The molecule has 0 spiro atoms. The van der Waals surface area contributed by atoms with Crippen LogP contribution in [-0.4, -0.2) is 42.0 Å². The van der Waals surface area contributed by atoms with Gasteiger partial charge in [-0.2, -0.15) is 0 Å². The van der Waals surface area contributed by atoms with Crippen LogP contribution in [0.15, 0.2) is 30.5 Å². The molecule has 5 nitrogen and oxygen atoms in total. The van der Waals surface area contributed by atoms with E-state index in [4.69, 9.17) is 4.74 Å². The first-order valence-electron chi connectivity index (χ1n) is 7.06. The lowest BCUT2D eigenvalue weighted by Gasteiger charge is -2.15. The Morgan fingerprint density at radius 3 is 2.81 bits per heavy atom. The average molecular weight is 288 g/mol. The number of likely N-dealkylation sites (N-methyl/N-ethyl adjacent to an activating group) is 1. The number of aromatic amines is 1. The van der Waals surface area contributed by atoms with Crippen molar-refractivity contribution in [3.8, 4) is 0 Å². The topological polar surface area (TPSA) is 62.4 Å². The van der Waals surface area contributed by atoms with E-state index >= 15 is 0 Å². The van der Waals surface area contributed by atoms with Crippen molar-refractivity contribution in [2.24, 2.45) is 0 Å². The molecule has 1 aromatic heterocycles. The largest absolute Gasteiger partial charge is 0.465 e. The molecule has 5 heteroatoms. The third kappa shape index (κ3) is 3.84. The Hall–Kier alpha value is -2.30. The third-order valence-electron chi connectivity index (χ3n) is 3.38. The van der Waals surface area contributed by atoms with Gasteiger partial charge in [-0.05, 0) is 25.0 Å². The van der Waals surface area contributed by atoms with Crippen LogP contribution in [0.2, 0.25) is 0 Å². The van der Waals surface area contributed by atoms with Gasteiger partial charge in [0.15, 0.2) is 0 Å². The lowest BCUT2D eigenvalue weighted by atomic mass is 10.1. The summed E-state index contributed by atoms with van der Waals surface area (Å²) in [6.45, 7) is 2.08. The number of nitrogens with zero attached hydrogens (tertiary/aromatic N) is 1. The number of carbonyl (C=O) groups is 2. The summed E-state index contributed by atoms with van der Waals surface area (Å²) in [5.41, 5.74) is 2.18. The maximum atomic E-state index is 12.0. The van der Waals surface area contributed by atoms with Crippen LogP contribution in [0.5, 0.6) is 0 Å². The van der Waals surface area contributed by atoms with Gasteiger partial charge in [-0.25, -0.2) is 0 Å². The van der Waals surface area contributed by atoms with Crippen LogP contribution in [0.25, 0.3) is 10.9 Å². The minimum atomic E-state index is -0.375. The molecule has 21 heavy (non-hydrogen) atoms. The lowest BCUT2D eigenvalue weighted by molar-refractivity contribution is -0.148. The second kappa shape index (κ2) is 6.92. The number of fused-ring (bicyclic) bond motifs is 1. The number of ether oxygens (including phenoxy) is 1. The van der Waals surface area contributed by atoms with E-state index in [2.05, 4.69) is 4.98 Å². The fourth-order valence-electron chi connectivity index (χ4n) is 2.26. The van der Waals surface area contributed by atoms with Crippen molar-refractivity contribution in [3.63, 3.8) is 0 Å². The summed E-state index contributed by atoms with van der Waals surface area (Å²) in [5.74, 6) is -0.436. The molecule has 0 fully saturated rings. The van der Waals surface area contributed by atoms with Gasteiger partial charge in [-0.3, -0.25) is 9.59 Å². The van der Waals surface area contributed by atoms with E-state index in [9.17, 15) is 9.59 Å². The summed E-state index contributed by atoms with van der Waals surface area (Å²) in [4.78, 5) is 28.0. The first kappa shape index (κ1) is 15.1. The molecule has 0 radical (unpaired) electrons.